The van der Waals surface area contributed by atoms with Crippen molar-refractivity contribution in [1.29, 1.82) is 0 Å². The van der Waals surface area contributed by atoms with Crippen LogP contribution in [0.1, 0.15) is 22.8 Å². The van der Waals surface area contributed by atoms with Gasteiger partial charge in [-0.1, -0.05) is 17.7 Å². The fourth-order valence-corrected chi connectivity index (χ4v) is 2.40. The molecule has 1 unspecified atom stereocenters. The number of anilines is 1. The van der Waals surface area contributed by atoms with Crippen molar-refractivity contribution in [3.05, 3.63) is 58.9 Å². The van der Waals surface area contributed by atoms with Gasteiger partial charge in [0.2, 0.25) is 0 Å². The number of nitrogens with zero attached hydrogens (tertiary/aromatic N) is 1. The average Bonchev–Trinajstić information content (AvgIpc) is 3.05. The third-order valence-electron chi connectivity index (χ3n) is 3.68. The van der Waals surface area contributed by atoms with E-state index in [2.05, 4.69) is 10.3 Å². The van der Waals surface area contributed by atoms with Gasteiger partial charge in [-0.3, -0.25) is 4.79 Å². The van der Waals surface area contributed by atoms with Gasteiger partial charge < -0.3 is 14.5 Å². The Hall–Kier alpha value is -2.86. The minimum Gasteiger partial charge on any atom is -0.449 e. The number of carbonyl (C=O) groups excluding carboxylic acids is 2. The van der Waals surface area contributed by atoms with Crippen LogP contribution in [0.3, 0.4) is 0 Å². The molecule has 3 aromatic rings. The number of fused-ring (bicyclic) bond motifs is 1. The van der Waals surface area contributed by atoms with E-state index in [1.165, 1.54) is 19.4 Å². The number of oxazole rings is 1. The summed E-state index contributed by atoms with van der Waals surface area (Å²) in [4.78, 5) is 28.4. The van der Waals surface area contributed by atoms with Crippen molar-refractivity contribution in [2.24, 2.45) is 0 Å². The number of hydrogen-bond acceptors (Lipinski definition) is 5. The molecular weight excluding hydrogens is 344 g/mol. The molecule has 0 aliphatic carbocycles. The van der Waals surface area contributed by atoms with Gasteiger partial charge in [-0.25, -0.2) is 9.78 Å². The second-order valence-electron chi connectivity index (χ2n) is 5.53. The van der Waals surface area contributed by atoms with Crippen molar-refractivity contribution in [2.45, 2.75) is 20.0 Å². The SMILES string of the molecule is Cc1ccc(Cl)cc1NC(=O)C(C)OC(=O)c1ccc2ncoc2c1. The molecule has 1 heterocycles. The van der Waals surface area contributed by atoms with E-state index in [1.54, 1.807) is 30.3 Å². The van der Waals surface area contributed by atoms with Crippen LogP contribution in [0.4, 0.5) is 5.69 Å². The molecule has 1 amide bonds. The quantitative estimate of drug-likeness (QED) is 0.713. The lowest BCUT2D eigenvalue weighted by Gasteiger charge is -2.15. The Balaban J connectivity index is 1.68. The maximum absolute atomic E-state index is 12.3. The Kier molecular flexibility index (Phi) is 4.72. The van der Waals surface area contributed by atoms with Crippen LogP contribution in [0.5, 0.6) is 0 Å². The predicted octanol–water partition coefficient (Wildman–Crippen LogP) is 3.97. The number of nitrogens with one attached hydrogen (secondary N) is 1. The van der Waals surface area contributed by atoms with Crippen molar-refractivity contribution < 1.29 is 18.7 Å². The van der Waals surface area contributed by atoms with Gasteiger partial charge in [0.15, 0.2) is 18.1 Å². The molecule has 25 heavy (non-hydrogen) atoms. The Labute approximate surface area is 148 Å². The highest BCUT2D eigenvalue weighted by Crippen LogP contribution is 2.21. The maximum Gasteiger partial charge on any atom is 0.339 e. The summed E-state index contributed by atoms with van der Waals surface area (Å²) in [5.41, 5.74) is 2.82. The molecule has 0 fully saturated rings. The second-order valence-corrected chi connectivity index (χ2v) is 5.97. The molecule has 1 aromatic heterocycles. The first-order valence-corrected chi connectivity index (χ1v) is 7.93. The minimum absolute atomic E-state index is 0.280. The molecule has 0 saturated heterocycles. The fourth-order valence-electron chi connectivity index (χ4n) is 2.23. The molecule has 0 aliphatic heterocycles. The predicted molar refractivity (Wildman–Crippen MR) is 93.7 cm³/mol. The molecule has 0 aliphatic rings. The Morgan fingerprint density at radius 1 is 1.24 bits per heavy atom. The van der Waals surface area contributed by atoms with E-state index < -0.39 is 18.0 Å². The Bertz CT molecular complexity index is 951. The van der Waals surface area contributed by atoms with Gasteiger partial charge in [0.25, 0.3) is 5.91 Å². The van der Waals surface area contributed by atoms with Gasteiger partial charge in [0, 0.05) is 10.7 Å². The van der Waals surface area contributed by atoms with E-state index in [0.29, 0.717) is 21.8 Å². The lowest BCUT2D eigenvalue weighted by Crippen LogP contribution is -2.30. The lowest BCUT2D eigenvalue weighted by atomic mass is 10.2. The molecular formula is C18H15ClN2O4. The third-order valence-corrected chi connectivity index (χ3v) is 3.91. The molecule has 0 bridgehead atoms. The van der Waals surface area contributed by atoms with E-state index >= 15 is 0 Å². The van der Waals surface area contributed by atoms with E-state index in [4.69, 9.17) is 20.8 Å². The van der Waals surface area contributed by atoms with Crippen LogP contribution in [0.2, 0.25) is 5.02 Å². The van der Waals surface area contributed by atoms with Crippen molar-refractivity contribution >= 4 is 40.3 Å². The smallest absolute Gasteiger partial charge is 0.339 e. The number of benzene rings is 2. The molecule has 0 radical (unpaired) electrons. The summed E-state index contributed by atoms with van der Waals surface area (Å²) in [5, 5.41) is 3.21. The molecule has 0 spiro atoms. The van der Waals surface area contributed by atoms with Crippen molar-refractivity contribution in [1.82, 2.24) is 4.98 Å². The van der Waals surface area contributed by atoms with Gasteiger partial charge in [-0.2, -0.15) is 0 Å². The number of halogens is 1. The summed E-state index contributed by atoms with van der Waals surface area (Å²) in [6.07, 6.45) is 0.319. The van der Waals surface area contributed by atoms with Crippen LogP contribution in [-0.4, -0.2) is 23.0 Å². The molecule has 2 aromatic carbocycles. The van der Waals surface area contributed by atoms with Crippen molar-refractivity contribution in [3.63, 3.8) is 0 Å². The topological polar surface area (TPSA) is 81.4 Å². The lowest BCUT2D eigenvalue weighted by molar-refractivity contribution is -0.123. The van der Waals surface area contributed by atoms with Crippen LogP contribution in [0, 0.1) is 6.92 Å². The summed E-state index contributed by atoms with van der Waals surface area (Å²) in [7, 11) is 0. The zero-order chi connectivity index (χ0) is 18.0. The molecule has 0 saturated carbocycles. The zero-order valence-electron chi connectivity index (χ0n) is 13.6. The number of aryl methyl sites for hydroxylation is 1. The highest BCUT2D eigenvalue weighted by molar-refractivity contribution is 6.31. The van der Waals surface area contributed by atoms with Crippen LogP contribution in [0.15, 0.2) is 47.2 Å². The number of rotatable bonds is 4. The Morgan fingerprint density at radius 3 is 2.84 bits per heavy atom. The number of esters is 1. The van der Waals surface area contributed by atoms with Gasteiger partial charge in [-0.05, 0) is 49.7 Å². The van der Waals surface area contributed by atoms with Crippen molar-refractivity contribution in [2.75, 3.05) is 5.32 Å². The number of ether oxygens (including phenoxy) is 1. The van der Waals surface area contributed by atoms with Gasteiger partial charge in [-0.15, -0.1) is 0 Å². The van der Waals surface area contributed by atoms with E-state index in [0.717, 1.165) is 5.56 Å². The number of amides is 1. The second kappa shape index (κ2) is 6.94. The van der Waals surface area contributed by atoms with Crippen molar-refractivity contribution in [3.8, 4) is 0 Å². The van der Waals surface area contributed by atoms with E-state index in [1.807, 2.05) is 6.92 Å². The summed E-state index contributed by atoms with van der Waals surface area (Å²) >= 11 is 5.93. The minimum atomic E-state index is -0.976. The fraction of sp³-hybridized carbons (Fsp3) is 0.167. The first kappa shape index (κ1) is 17.0. The molecule has 1 N–H and O–H groups in total. The normalized spacial score (nSPS) is 12.0. The van der Waals surface area contributed by atoms with Gasteiger partial charge in [0.05, 0.1) is 5.56 Å². The van der Waals surface area contributed by atoms with Gasteiger partial charge in [0.1, 0.15) is 5.52 Å². The monoisotopic (exact) mass is 358 g/mol. The molecule has 6 nitrogen and oxygen atoms in total. The van der Waals surface area contributed by atoms with Crippen LogP contribution >= 0.6 is 11.6 Å². The molecule has 7 heteroatoms. The summed E-state index contributed by atoms with van der Waals surface area (Å²) in [5.74, 6) is -1.07. The van der Waals surface area contributed by atoms with Crippen LogP contribution in [0.25, 0.3) is 11.1 Å². The number of aromatic nitrogens is 1. The van der Waals surface area contributed by atoms with E-state index in [-0.39, 0.29) is 5.56 Å². The third kappa shape index (κ3) is 3.80. The zero-order valence-corrected chi connectivity index (χ0v) is 14.3. The first-order chi connectivity index (χ1) is 11.9. The molecule has 128 valence electrons. The number of carbonyl (C=O) groups is 2. The number of hydrogen-bond donors (Lipinski definition) is 1. The highest BCUT2D eigenvalue weighted by atomic mass is 35.5. The molecule has 1 atom stereocenters. The molecule has 3 rings (SSSR count). The summed E-state index contributed by atoms with van der Waals surface area (Å²) in [6, 6.07) is 9.91. The van der Waals surface area contributed by atoms with Gasteiger partial charge >= 0.3 is 5.97 Å². The standard InChI is InChI=1S/C18H15ClN2O4/c1-10-3-5-13(19)8-15(10)21-17(22)11(2)25-18(23)12-4-6-14-16(7-12)24-9-20-14/h3-9,11H,1-2H3,(H,21,22). The summed E-state index contributed by atoms with van der Waals surface area (Å²) in [6.45, 7) is 3.34. The highest BCUT2D eigenvalue weighted by Gasteiger charge is 2.20. The Morgan fingerprint density at radius 2 is 2.04 bits per heavy atom. The van der Waals surface area contributed by atoms with Crippen LogP contribution < -0.4 is 5.32 Å². The van der Waals surface area contributed by atoms with E-state index in [9.17, 15) is 9.59 Å². The van der Waals surface area contributed by atoms with Crippen LogP contribution in [-0.2, 0) is 9.53 Å². The maximum atomic E-state index is 12.3. The largest absolute Gasteiger partial charge is 0.449 e. The first-order valence-electron chi connectivity index (χ1n) is 7.55. The average molecular weight is 359 g/mol. The summed E-state index contributed by atoms with van der Waals surface area (Å²) < 4.78 is 10.4.